The molecule has 0 amide bonds. The Morgan fingerprint density at radius 1 is 1.23 bits per heavy atom. The SMILES string of the molecule is CCCCC#Cc1cc(-c2nn(-c3nc(C(=O)O)cs3)c(CC3CC3)c2Cc2ccc(SN)c(F)c2)ccc1F. The molecule has 0 unspecified atom stereocenters. The Kier molecular flexibility index (Phi) is 8.64. The van der Waals surface area contributed by atoms with Gasteiger partial charge in [0.2, 0.25) is 5.13 Å². The van der Waals surface area contributed by atoms with Crippen molar-refractivity contribution in [1.29, 1.82) is 0 Å². The van der Waals surface area contributed by atoms with Gasteiger partial charge in [-0.25, -0.2) is 23.2 Å². The van der Waals surface area contributed by atoms with Crippen molar-refractivity contribution in [3.8, 4) is 28.2 Å². The fourth-order valence-electron chi connectivity index (χ4n) is 4.47. The van der Waals surface area contributed by atoms with Gasteiger partial charge in [0.1, 0.15) is 11.6 Å². The van der Waals surface area contributed by atoms with E-state index in [2.05, 4.69) is 23.7 Å². The van der Waals surface area contributed by atoms with Crippen LogP contribution in [0, 0.1) is 29.4 Å². The van der Waals surface area contributed by atoms with Gasteiger partial charge in [-0.1, -0.05) is 31.3 Å². The number of aromatic nitrogens is 3. The number of nitrogens with two attached hydrogens (primary N) is 1. The van der Waals surface area contributed by atoms with E-state index < -0.39 is 17.6 Å². The molecule has 5 rings (SSSR count). The molecule has 1 aliphatic carbocycles. The summed E-state index contributed by atoms with van der Waals surface area (Å²) in [5.74, 6) is 4.56. The van der Waals surface area contributed by atoms with Gasteiger partial charge in [-0.15, -0.1) is 11.3 Å². The van der Waals surface area contributed by atoms with Crippen molar-refractivity contribution in [2.45, 2.75) is 56.8 Å². The number of carboxylic acid groups (broad SMARTS) is 1. The highest BCUT2D eigenvalue weighted by Gasteiger charge is 2.29. The molecule has 0 aliphatic heterocycles. The lowest BCUT2D eigenvalue weighted by molar-refractivity contribution is 0.0691. The molecule has 0 saturated heterocycles. The summed E-state index contributed by atoms with van der Waals surface area (Å²) >= 11 is 2.05. The van der Waals surface area contributed by atoms with Crippen molar-refractivity contribution in [2.24, 2.45) is 11.1 Å². The van der Waals surface area contributed by atoms with Crippen LogP contribution in [-0.4, -0.2) is 25.8 Å². The van der Waals surface area contributed by atoms with Gasteiger partial charge in [-0.05, 0) is 79.4 Å². The quantitative estimate of drug-likeness (QED) is 0.119. The predicted molar refractivity (Wildman–Crippen MR) is 154 cm³/mol. The van der Waals surface area contributed by atoms with E-state index in [0.717, 1.165) is 54.5 Å². The second kappa shape index (κ2) is 12.3. The topological polar surface area (TPSA) is 94.0 Å². The fourth-order valence-corrected chi connectivity index (χ4v) is 5.56. The van der Waals surface area contributed by atoms with Crippen LogP contribution in [0.4, 0.5) is 8.78 Å². The first kappa shape index (κ1) is 28.0. The molecule has 0 spiro atoms. The lowest BCUT2D eigenvalue weighted by Gasteiger charge is -2.10. The number of thiazole rings is 1. The standard InChI is InChI=1S/C30H28F2N4O2S2/c1-2-3-4-5-6-20-16-21(10-11-23(20)31)28-22(13-19-9-12-27(40-33)24(32)14-19)26(15-18-7-8-18)36(35-28)30-34-25(17-39-30)29(37)38/h9-12,14,16-18H,2-4,7-8,13,15,33H2,1H3,(H,37,38). The van der Waals surface area contributed by atoms with Crippen LogP contribution in [0.2, 0.25) is 0 Å². The second-order valence-corrected chi connectivity index (χ2v) is 11.3. The molecule has 2 heterocycles. The summed E-state index contributed by atoms with van der Waals surface area (Å²) < 4.78 is 31.1. The van der Waals surface area contributed by atoms with Crippen molar-refractivity contribution in [3.63, 3.8) is 0 Å². The van der Waals surface area contributed by atoms with Crippen molar-refractivity contribution in [1.82, 2.24) is 14.8 Å². The molecule has 1 aliphatic rings. The maximum Gasteiger partial charge on any atom is 0.355 e. The summed E-state index contributed by atoms with van der Waals surface area (Å²) in [5, 5.41) is 21.9. The molecular weight excluding hydrogens is 550 g/mol. The molecule has 206 valence electrons. The summed E-state index contributed by atoms with van der Waals surface area (Å²) in [4.78, 5) is 16.2. The number of carboxylic acids is 1. The first-order chi connectivity index (χ1) is 19.4. The molecule has 40 heavy (non-hydrogen) atoms. The van der Waals surface area contributed by atoms with E-state index in [9.17, 15) is 18.7 Å². The number of hydrogen-bond donors (Lipinski definition) is 2. The number of carbonyl (C=O) groups is 1. The Morgan fingerprint density at radius 2 is 2.05 bits per heavy atom. The third-order valence-corrected chi connectivity index (χ3v) is 8.18. The molecule has 0 radical (unpaired) electrons. The fraction of sp³-hybridized carbons (Fsp3) is 0.300. The van der Waals surface area contributed by atoms with Crippen LogP contribution in [0.25, 0.3) is 16.4 Å². The molecule has 4 aromatic rings. The van der Waals surface area contributed by atoms with E-state index >= 15 is 0 Å². The maximum absolute atomic E-state index is 14.7. The van der Waals surface area contributed by atoms with E-state index in [-0.39, 0.29) is 11.3 Å². The number of benzene rings is 2. The van der Waals surface area contributed by atoms with Crippen molar-refractivity contribution in [3.05, 3.63) is 81.5 Å². The number of rotatable bonds is 10. The zero-order valence-electron chi connectivity index (χ0n) is 21.9. The molecule has 6 nitrogen and oxygen atoms in total. The van der Waals surface area contributed by atoms with Gasteiger partial charge in [0.25, 0.3) is 0 Å². The van der Waals surface area contributed by atoms with Gasteiger partial charge in [-0.3, -0.25) is 5.14 Å². The Labute approximate surface area is 239 Å². The van der Waals surface area contributed by atoms with Crippen LogP contribution in [0.3, 0.4) is 0 Å². The van der Waals surface area contributed by atoms with Crippen LogP contribution in [0.15, 0.2) is 46.7 Å². The third-order valence-electron chi connectivity index (χ3n) is 6.78. The minimum atomic E-state index is -1.11. The average Bonchev–Trinajstić information content (AvgIpc) is 3.50. The van der Waals surface area contributed by atoms with Crippen LogP contribution >= 0.6 is 23.3 Å². The second-order valence-electron chi connectivity index (χ2n) is 9.81. The largest absolute Gasteiger partial charge is 0.476 e. The minimum absolute atomic E-state index is 0.0562. The van der Waals surface area contributed by atoms with E-state index in [0.29, 0.717) is 46.5 Å². The van der Waals surface area contributed by atoms with Gasteiger partial charge in [0.15, 0.2) is 5.69 Å². The van der Waals surface area contributed by atoms with Crippen LogP contribution in [0.1, 0.15) is 71.9 Å². The van der Waals surface area contributed by atoms with Crippen LogP contribution in [-0.2, 0) is 12.8 Å². The smallest absolute Gasteiger partial charge is 0.355 e. The molecule has 1 saturated carbocycles. The molecule has 2 aromatic heterocycles. The molecule has 2 aromatic carbocycles. The summed E-state index contributed by atoms with van der Waals surface area (Å²) in [6.45, 7) is 2.08. The Morgan fingerprint density at radius 3 is 2.73 bits per heavy atom. The predicted octanol–water partition coefficient (Wildman–Crippen LogP) is 7.02. The molecular formula is C30H28F2N4O2S2. The summed E-state index contributed by atoms with van der Waals surface area (Å²) in [6.07, 6.45) is 5.90. The Balaban J connectivity index is 1.66. The van der Waals surface area contributed by atoms with Gasteiger partial charge >= 0.3 is 5.97 Å². The highest BCUT2D eigenvalue weighted by molar-refractivity contribution is 7.97. The lowest BCUT2D eigenvalue weighted by Crippen LogP contribution is -2.06. The summed E-state index contributed by atoms with van der Waals surface area (Å²) in [5.41, 5.74) is 4.01. The normalized spacial score (nSPS) is 12.8. The Hall–Kier alpha value is -3.52. The van der Waals surface area contributed by atoms with E-state index in [1.807, 2.05) is 6.07 Å². The zero-order valence-corrected chi connectivity index (χ0v) is 23.5. The number of nitrogens with zero attached hydrogens (tertiary/aromatic N) is 3. The number of halogens is 2. The van der Waals surface area contributed by atoms with Crippen molar-refractivity contribution < 1.29 is 18.7 Å². The van der Waals surface area contributed by atoms with E-state index in [1.165, 1.54) is 28.8 Å². The third kappa shape index (κ3) is 6.28. The van der Waals surface area contributed by atoms with E-state index in [4.69, 9.17) is 10.2 Å². The first-order valence-electron chi connectivity index (χ1n) is 13.1. The molecule has 0 bridgehead atoms. The minimum Gasteiger partial charge on any atom is -0.476 e. The van der Waals surface area contributed by atoms with E-state index in [1.54, 1.807) is 22.9 Å². The average molecular weight is 579 g/mol. The Bertz CT molecular complexity index is 1620. The van der Waals surface area contributed by atoms with Crippen LogP contribution in [0.5, 0.6) is 0 Å². The first-order valence-corrected chi connectivity index (χ1v) is 14.9. The number of aromatic carboxylic acids is 1. The van der Waals surface area contributed by atoms with Gasteiger partial charge in [0.05, 0.1) is 21.8 Å². The van der Waals surface area contributed by atoms with Crippen molar-refractivity contribution >= 4 is 29.3 Å². The molecule has 0 atom stereocenters. The van der Waals surface area contributed by atoms with Crippen molar-refractivity contribution in [2.75, 3.05) is 0 Å². The maximum atomic E-state index is 14.7. The van der Waals surface area contributed by atoms with Gasteiger partial charge in [-0.2, -0.15) is 5.10 Å². The van der Waals surface area contributed by atoms with Crippen LogP contribution < -0.4 is 5.14 Å². The van der Waals surface area contributed by atoms with Gasteiger partial charge in [0, 0.05) is 29.3 Å². The zero-order chi connectivity index (χ0) is 28.2. The summed E-state index contributed by atoms with van der Waals surface area (Å²) in [6, 6.07) is 9.72. The lowest BCUT2D eigenvalue weighted by atomic mass is 9.96. The highest BCUT2D eigenvalue weighted by atomic mass is 32.2. The number of unbranched alkanes of at least 4 members (excludes halogenated alkanes) is 2. The monoisotopic (exact) mass is 578 g/mol. The summed E-state index contributed by atoms with van der Waals surface area (Å²) in [7, 11) is 0. The van der Waals surface area contributed by atoms with Gasteiger partial charge < -0.3 is 5.11 Å². The highest BCUT2D eigenvalue weighted by Crippen LogP contribution is 2.38. The molecule has 1 fully saturated rings. The molecule has 3 N–H and O–H groups in total. The number of hydrogen-bond acceptors (Lipinski definition) is 6. The molecule has 10 heteroatoms.